The van der Waals surface area contributed by atoms with E-state index in [0.717, 1.165) is 16.6 Å². The van der Waals surface area contributed by atoms with Gasteiger partial charge < -0.3 is 10.8 Å². The van der Waals surface area contributed by atoms with E-state index in [9.17, 15) is 4.79 Å². The topological polar surface area (TPSA) is 123 Å². The Labute approximate surface area is 126 Å². The van der Waals surface area contributed by atoms with Crippen molar-refractivity contribution in [3.05, 3.63) is 41.6 Å². The number of aromatic amines is 1. The van der Waals surface area contributed by atoms with Crippen molar-refractivity contribution >= 4 is 16.8 Å². The Morgan fingerprint density at radius 1 is 1.36 bits per heavy atom. The lowest BCUT2D eigenvalue weighted by atomic mass is 10.1. The molecule has 22 heavy (non-hydrogen) atoms. The molecule has 0 radical (unpaired) electrons. The molecule has 1 aromatic carbocycles. The van der Waals surface area contributed by atoms with E-state index >= 15 is 0 Å². The molecule has 0 aliphatic heterocycles. The molecular formula is C14H16N6O2. The van der Waals surface area contributed by atoms with Gasteiger partial charge in [0.05, 0.1) is 30.8 Å². The molecule has 8 nitrogen and oxygen atoms in total. The third-order valence-electron chi connectivity index (χ3n) is 3.31. The van der Waals surface area contributed by atoms with Gasteiger partial charge >= 0.3 is 0 Å². The van der Waals surface area contributed by atoms with Gasteiger partial charge in [-0.2, -0.15) is 10.2 Å². The van der Waals surface area contributed by atoms with Crippen molar-refractivity contribution < 1.29 is 9.90 Å². The van der Waals surface area contributed by atoms with Gasteiger partial charge in [0.15, 0.2) is 5.82 Å². The summed E-state index contributed by atoms with van der Waals surface area (Å²) in [6, 6.07) is 7.77. The number of hydrogen-bond donors (Lipinski definition) is 3. The normalized spacial score (nSPS) is 11.1. The van der Waals surface area contributed by atoms with Gasteiger partial charge in [-0.15, -0.1) is 0 Å². The maximum Gasteiger partial charge on any atom is 0.225 e. The minimum Gasteiger partial charge on any atom is -0.394 e. The molecule has 1 amide bonds. The fourth-order valence-electron chi connectivity index (χ4n) is 2.37. The number of para-hydroxylation sites is 1. The molecule has 2 heterocycles. The number of carbonyl (C=O) groups is 1. The van der Waals surface area contributed by atoms with E-state index in [0.29, 0.717) is 24.6 Å². The number of amides is 1. The fraction of sp³-hybridized carbons (Fsp3) is 0.286. The molecule has 3 rings (SSSR count). The molecule has 4 N–H and O–H groups in total. The van der Waals surface area contributed by atoms with Crippen molar-refractivity contribution in [1.29, 1.82) is 0 Å². The lowest BCUT2D eigenvalue weighted by molar-refractivity contribution is -0.117. The minimum atomic E-state index is -0.486. The first-order chi connectivity index (χ1) is 10.7. The summed E-state index contributed by atoms with van der Waals surface area (Å²) < 4.78 is 1.59. The average molecular weight is 300 g/mol. The Morgan fingerprint density at radius 2 is 2.18 bits per heavy atom. The van der Waals surface area contributed by atoms with Gasteiger partial charge in [-0.3, -0.25) is 9.89 Å². The van der Waals surface area contributed by atoms with Gasteiger partial charge in [-0.1, -0.05) is 18.2 Å². The number of nitrogens with zero attached hydrogens (tertiary/aromatic N) is 4. The van der Waals surface area contributed by atoms with E-state index in [1.165, 1.54) is 0 Å². The SMILES string of the molecule is NC(=O)Cc1nc(Cc2[nH]nc3ccccc23)n(CCO)n1. The lowest BCUT2D eigenvalue weighted by Crippen LogP contribution is -2.15. The number of benzene rings is 1. The molecule has 0 saturated carbocycles. The molecule has 0 unspecified atom stereocenters. The summed E-state index contributed by atoms with van der Waals surface area (Å²) in [6.07, 6.45) is 0.460. The van der Waals surface area contributed by atoms with E-state index in [-0.39, 0.29) is 13.0 Å². The monoisotopic (exact) mass is 300 g/mol. The second kappa shape index (κ2) is 5.94. The van der Waals surface area contributed by atoms with Crippen molar-refractivity contribution in [3.63, 3.8) is 0 Å². The van der Waals surface area contributed by atoms with Crippen LogP contribution in [0.3, 0.4) is 0 Å². The van der Waals surface area contributed by atoms with Crippen LogP contribution in [0.2, 0.25) is 0 Å². The van der Waals surface area contributed by atoms with Crippen LogP contribution in [0.4, 0.5) is 0 Å². The van der Waals surface area contributed by atoms with E-state index in [4.69, 9.17) is 10.8 Å². The molecule has 0 bridgehead atoms. The summed E-state index contributed by atoms with van der Waals surface area (Å²) in [5, 5.41) is 21.6. The maximum absolute atomic E-state index is 11.0. The van der Waals surface area contributed by atoms with E-state index in [1.54, 1.807) is 4.68 Å². The first-order valence-electron chi connectivity index (χ1n) is 6.91. The molecular weight excluding hydrogens is 284 g/mol. The fourth-order valence-corrected chi connectivity index (χ4v) is 2.37. The molecule has 0 saturated heterocycles. The predicted molar refractivity (Wildman–Crippen MR) is 78.9 cm³/mol. The number of aromatic nitrogens is 5. The quantitative estimate of drug-likeness (QED) is 0.580. The summed E-state index contributed by atoms with van der Waals surface area (Å²) in [5.41, 5.74) is 6.96. The van der Waals surface area contributed by atoms with Gasteiger partial charge in [-0.05, 0) is 6.07 Å². The molecule has 0 atom stereocenters. The van der Waals surface area contributed by atoms with Crippen molar-refractivity contribution in [2.45, 2.75) is 19.4 Å². The van der Waals surface area contributed by atoms with Crippen LogP contribution >= 0.6 is 0 Å². The Kier molecular flexibility index (Phi) is 3.84. The van der Waals surface area contributed by atoms with Gasteiger partial charge in [0, 0.05) is 11.8 Å². The van der Waals surface area contributed by atoms with Crippen LogP contribution in [0.15, 0.2) is 24.3 Å². The van der Waals surface area contributed by atoms with Crippen molar-refractivity contribution in [2.75, 3.05) is 6.61 Å². The van der Waals surface area contributed by atoms with Crippen LogP contribution in [0.5, 0.6) is 0 Å². The lowest BCUT2D eigenvalue weighted by Gasteiger charge is -2.02. The summed E-state index contributed by atoms with van der Waals surface area (Å²) >= 11 is 0. The second-order valence-corrected chi connectivity index (χ2v) is 4.93. The highest BCUT2D eigenvalue weighted by atomic mass is 16.3. The van der Waals surface area contributed by atoms with Gasteiger partial charge in [0.1, 0.15) is 5.82 Å². The van der Waals surface area contributed by atoms with Crippen LogP contribution < -0.4 is 5.73 Å². The van der Waals surface area contributed by atoms with E-state index in [1.807, 2.05) is 24.3 Å². The summed E-state index contributed by atoms with van der Waals surface area (Å²) in [6.45, 7) is 0.253. The zero-order valence-corrected chi connectivity index (χ0v) is 11.9. The number of rotatable bonds is 6. The summed E-state index contributed by atoms with van der Waals surface area (Å²) in [4.78, 5) is 15.3. The smallest absolute Gasteiger partial charge is 0.225 e. The number of primary amides is 1. The van der Waals surface area contributed by atoms with E-state index in [2.05, 4.69) is 20.3 Å². The van der Waals surface area contributed by atoms with Crippen LogP contribution in [-0.2, 0) is 24.2 Å². The first-order valence-corrected chi connectivity index (χ1v) is 6.91. The predicted octanol–water partition coefficient (Wildman–Crippen LogP) is -0.235. The number of nitrogens with two attached hydrogens (primary N) is 1. The number of carbonyl (C=O) groups excluding carboxylic acids is 1. The Morgan fingerprint density at radius 3 is 2.95 bits per heavy atom. The second-order valence-electron chi connectivity index (χ2n) is 4.93. The molecule has 0 spiro atoms. The number of nitrogens with one attached hydrogen (secondary N) is 1. The molecule has 3 aromatic rings. The Balaban J connectivity index is 1.93. The standard InChI is InChI=1S/C14H16N6O2/c15-12(22)8-13-16-14(20(19-13)5-6-21)7-11-9-3-1-2-4-10(9)17-18-11/h1-4,21H,5-8H2,(H2,15,22)(H,17,18). The first kappa shape index (κ1) is 14.2. The van der Waals surface area contributed by atoms with Gasteiger partial charge in [0.25, 0.3) is 0 Å². The third-order valence-corrected chi connectivity index (χ3v) is 3.31. The Hall–Kier alpha value is -2.74. The van der Waals surface area contributed by atoms with Gasteiger partial charge in [0.2, 0.25) is 5.91 Å². The number of aliphatic hydroxyl groups is 1. The maximum atomic E-state index is 11.0. The average Bonchev–Trinajstić information content (AvgIpc) is 3.05. The number of hydrogen-bond acceptors (Lipinski definition) is 5. The third kappa shape index (κ3) is 2.82. The van der Waals surface area contributed by atoms with Crippen molar-refractivity contribution in [1.82, 2.24) is 25.0 Å². The van der Waals surface area contributed by atoms with Crippen LogP contribution in [0.1, 0.15) is 17.3 Å². The van der Waals surface area contributed by atoms with Crippen LogP contribution in [-0.4, -0.2) is 42.6 Å². The molecule has 114 valence electrons. The molecule has 2 aromatic heterocycles. The number of aliphatic hydroxyl groups excluding tert-OH is 1. The van der Waals surface area contributed by atoms with E-state index < -0.39 is 5.91 Å². The highest BCUT2D eigenvalue weighted by Crippen LogP contribution is 2.17. The summed E-state index contributed by atoms with van der Waals surface area (Å²) in [5.74, 6) is 0.527. The molecule has 8 heteroatoms. The highest BCUT2D eigenvalue weighted by Gasteiger charge is 2.14. The molecule has 0 fully saturated rings. The zero-order chi connectivity index (χ0) is 15.5. The van der Waals surface area contributed by atoms with Crippen LogP contribution in [0.25, 0.3) is 10.9 Å². The minimum absolute atomic E-state index is 0.0187. The molecule has 0 aliphatic carbocycles. The molecule has 0 aliphatic rings. The van der Waals surface area contributed by atoms with Crippen molar-refractivity contribution in [2.24, 2.45) is 5.73 Å². The largest absolute Gasteiger partial charge is 0.394 e. The zero-order valence-electron chi connectivity index (χ0n) is 11.9. The van der Waals surface area contributed by atoms with Crippen molar-refractivity contribution in [3.8, 4) is 0 Å². The highest BCUT2D eigenvalue weighted by molar-refractivity contribution is 5.81. The van der Waals surface area contributed by atoms with Gasteiger partial charge in [-0.25, -0.2) is 9.67 Å². The van der Waals surface area contributed by atoms with Crippen LogP contribution in [0, 0.1) is 0 Å². The summed E-state index contributed by atoms with van der Waals surface area (Å²) in [7, 11) is 0. The Bertz CT molecular complexity index is 807. The number of H-pyrrole nitrogens is 1. The number of fused-ring (bicyclic) bond motifs is 1.